The summed E-state index contributed by atoms with van der Waals surface area (Å²) in [6, 6.07) is 26.6. The minimum atomic E-state index is 0. The van der Waals surface area contributed by atoms with Gasteiger partial charge in [0, 0.05) is 31.2 Å². The van der Waals surface area contributed by atoms with Crippen molar-refractivity contribution < 1.29 is 0 Å². The number of hydrogen-bond acceptors (Lipinski definition) is 2. The van der Waals surface area contributed by atoms with Crippen LogP contribution in [0.1, 0.15) is 53.5 Å². The van der Waals surface area contributed by atoms with E-state index in [0.717, 1.165) is 30.6 Å². The molecule has 0 radical (unpaired) electrons. The standard InChI is InChI=1S/C32H39ClN2.2ClH/c33-32-11-5-10-29(23-32)25-34-18-14-26(15-19-34)8-4-9-27-12-13-30-16-20-35(21-17-31(30)22-27)24-28-6-2-1-3-7-28;;/h1-3,5-7,10-13,22-23,26H,4,8-9,14-21,24-25H2;2*1H. The molecule has 0 bridgehead atoms. The lowest BCUT2D eigenvalue weighted by molar-refractivity contribution is 0.171. The molecule has 5 rings (SSSR count). The molecule has 0 N–H and O–H groups in total. The van der Waals surface area contributed by atoms with Crippen molar-refractivity contribution in [1.29, 1.82) is 0 Å². The minimum absolute atomic E-state index is 0. The van der Waals surface area contributed by atoms with Crippen molar-refractivity contribution in [2.45, 2.75) is 58.0 Å². The van der Waals surface area contributed by atoms with E-state index in [1.807, 2.05) is 6.07 Å². The highest BCUT2D eigenvalue weighted by Gasteiger charge is 2.19. The molecule has 0 aromatic heterocycles. The van der Waals surface area contributed by atoms with Crippen molar-refractivity contribution in [1.82, 2.24) is 9.80 Å². The Kier molecular flexibility index (Phi) is 12.3. The number of nitrogens with zero attached hydrogens (tertiary/aromatic N) is 2. The van der Waals surface area contributed by atoms with E-state index in [4.69, 9.17) is 11.6 Å². The van der Waals surface area contributed by atoms with Crippen LogP contribution in [0.25, 0.3) is 0 Å². The van der Waals surface area contributed by atoms with Crippen LogP contribution in [0.15, 0.2) is 72.8 Å². The largest absolute Gasteiger partial charge is 0.299 e. The van der Waals surface area contributed by atoms with Gasteiger partial charge in [0.25, 0.3) is 0 Å². The van der Waals surface area contributed by atoms with Crippen molar-refractivity contribution in [2.24, 2.45) is 5.92 Å². The number of likely N-dealkylation sites (tertiary alicyclic amines) is 1. The fourth-order valence-electron chi connectivity index (χ4n) is 5.90. The zero-order chi connectivity index (χ0) is 23.9. The number of halogens is 3. The van der Waals surface area contributed by atoms with Crippen LogP contribution < -0.4 is 0 Å². The predicted molar refractivity (Wildman–Crippen MR) is 162 cm³/mol. The molecule has 0 amide bonds. The van der Waals surface area contributed by atoms with E-state index < -0.39 is 0 Å². The molecule has 2 aliphatic heterocycles. The second-order valence-corrected chi connectivity index (χ2v) is 11.0. The minimum Gasteiger partial charge on any atom is -0.299 e. The van der Waals surface area contributed by atoms with Gasteiger partial charge in [0.05, 0.1) is 0 Å². The summed E-state index contributed by atoms with van der Waals surface area (Å²) >= 11 is 6.16. The summed E-state index contributed by atoms with van der Waals surface area (Å²) in [4.78, 5) is 5.21. The first-order chi connectivity index (χ1) is 17.2. The third-order valence-electron chi connectivity index (χ3n) is 7.99. The van der Waals surface area contributed by atoms with Crippen molar-refractivity contribution >= 4 is 36.4 Å². The summed E-state index contributed by atoms with van der Waals surface area (Å²) in [5, 5.41) is 0.847. The second-order valence-electron chi connectivity index (χ2n) is 10.6. The van der Waals surface area contributed by atoms with Crippen LogP contribution in [0.2, 0.25) is 5.02 Å². The van der Waals surface area contributed by atoms with Crippen LogP contribution in [0.5, 0.6) is 0 Å². The molecule has 2 nitrogen and oxygen atoms in total. The zero-order valence-corrected chi connectivity index (χ0v) is 24.2. The Morgan fingerprint density at radius 1 is 0.649 bits per heavy atom. The molecule has 3 aromatic carbocycles. The van der Waals surface area contributed by atoms with E-state index in [1.165, 1.54) is 75.7 Å². The Labute approximate surface area is 241 Å². The van der Waals surface area contributed by atoms with Crippen molar-refractivity contribution in [2.75, 3.05) is 26.2 Å². The molecule has 0 aliphatic carbocycles. The monoisotopic (exact) mass is 558 g/mol. The maximum absolute atomic E-state index is 6.16. The molecule has 0 spiro atoms. The molecule has 1 saturated heterocycles. The molecular formula is C32H41Cl3N2. The summed E-state index contributed by atoms with van der Waals surface area (Å²) in [5.41, 5.74) is 7.46. The highest BCUT2D eigenvalue weighted by molar-refractivity contribution is 6.30. The van der Waals surface area contributed by atoms with Gasteiger partial charge in [-0.2, -0.15) is 0 Å². The van der Waals surface area contributed by atoms with Gasteiger partial charge in [0.15, 0.2) is 0 Å². The van der Waals surface area contributed by atoms with Crippen LogP contribution in [0.3, 0.4) is 0 Å². The Morgan fingerprint density at radius 3 is 2.08 bits per heavy atom. The summed E-state index contributed by atoms with van der Waals surface area (Å²) in [5.74, 6) is 0.887. The van der Waals surface area contributed by atoms with Gasteiger partial charge in [0.1, 0.15) is 0 Å². The lowest BCUT2D eigenvalue weighted by atomic mass is 9.90. The summed E-state index contributed by atoms with van der Waals surface area (Å²) in [7, 11) is 0. The number of rotatable bonds is 8. The van der Waals surface area contributed by atoms with E-state index in [9.17, 15) is 0 Å². The predicted octanol–water partition coefficient (Wildman–Crippen LogP) is 8.02. The molecular weight excluding hydrogens is 519 g/mol. The first kappa shape index (κ1) is 30.0. The van der Waals surface area contributed by atoms with Crippen LogP contribution in [0.4, 0.5) is 0 Å². The van der Waals surface area contributed by atoms with Gasteiger partial charge in [-0.15, -0.1) is 24.8 Å². The van der Waals surface area contributed by atoms with Gasteiger partial charge in [-0.25, -0.2) is 0 Å². The van der Waals surface area contributed by atoms with Crippen LogP contribution in [0, 0.1) is 5.92 Å². The second kappa shape index (κ2) is 15.1. The smallest absolute Gasteiger partial charge is 0.0409 e. The average molecular weight is 560 g/mol. The van der Waals surface area contributed by atoms with Crippen LogP contribution in [-0.2, 0) is 32.4 Å². The number of fused-ring (bicyclic) bond motifs is 1. The third kappa shape index (κ3) is 9.01. The zero-order valence-electron chi connectivity index (χ0n) is 21.8. The van der Waals surface area contributed by atoms with Gasteiger partial charge < -0.3 is 0 Å². The lowest BCUT2D eigenvalue weighted by Gasteiger charge is -2.32. The van der Waals surface area contributed by atoms with Crippen molar-refractivity contribution in [3.8, 4) is 0 Å². The lowest BCUT2D eigenvalue weighted by Crippen LogP contribution is -2.33. The van der Waals surface area contributed by atoms with E-state index in [1.54, 1.807) is 16.7 Å². The molecule has 2 heterocycles. The molecule has 3 aromatic rings. The Hall–Kier alpha value is -1.55. The van der Waals surface area contributed by atoms with Gasteiger partial charge in [-0.05, 0) is 97.5 Å². The molecule has 2 aliphatic rings. The first-order valence-corrected chi connectivity index (χ1v) is 13.9. The number of aryl methyl sites for hydroxylation is 1. The molecule has 200 valence electrons. The molecule has 0 unspecified atom stereocenters. The Bertz CT molecular complexity index is 1080. The van der Waals surface area contributed by atoms with Crippen LogP contribution in [-0.4, -0.2) is 36.0 Å². The summed E-state index contributed by atoms with van der Waals surface area (Å²) in [6.45, 7) is 6.87. The fourth-order valence-corrected chi connectivity index (χ4v) is 6.11. The average Bonchev–Trinajstić information content (AvgIpc) is 3.08. The third-order valence-corrected chi connectivity index (χ3v) is 8.23. The van der Waals surface area contributed by atoms with Crippen molar-refractivity contribution in [3.63, 3.8) is 0 Å². The van der Waals surface area contributed by atoms with E-state index in [0.29, 0.717) is 0 Å². The van der Waals surface area contributed by atoms with E-state index in [2.05, 4.69) is 76.5 Å². The Morgan fingerprint density at radius 2 is 1.32 bits per heavy atom. The number of benzene rings is 3. The summed E-state index contributed by atoms with van der Waals surface area (Å²) in [6.07, 6.45) is 8.94. The Balaban J connectivity index is 0.00000190. The maximum Gasteiger partial charge on any atom is 0.0409 e. The molecule has 5 heteroatoms. The maximum atomic E-state index is 6.16. The van der Waals surface area contributed by atoms with Gasteiger partial charge in [0.2, 0.25) is 0 Å². The highest BCUT2D eigenvalue weighted by atomic mass is 35.5. The molecule has 1 fully saturated rings. The molecule has 0 saturated carbocycles. The highest BCUT2D eigenvalue weighted by Crippen LogP contribution is 2.25. The van der Waals surface area contributed by atoms with E-state index >= 15 is 0 Å². The van der Waals surface area contributed by atoms with Crippen molar-refractivity contribution in [3.05, 3.63) is 106 Å². The quantitative estimate of drug-likeness (QED) is 0.276. The molecule has 0 atom stereocenters. The van der Waals surface area contributed by atoms with Gasteiger partial charge in [-0.3, -0.25) is 9.80 Å². The fraction of sp³-hybridized carbons (Fsp3) is 0.438. The molecule has 37 heavy (non-hydrogen) atoms. The number of piperidine rings is 1. The van der Waals surface area contributed by atoms with E-state index in [-0.39, 0.29) is 24.8 Å². The SMILES string of the molecule is Cl.Cl.Clc1cccc(CN2CCC(CCCc3ccc4c(c3)CCN(Cc3ccccc3)CC4)CC2)c1. The first-order valence-electron chi connectivity index (χ1n) is 13.5. The van der Waals surface area contributed by atoms with Gasteiger partial charge in [-0.1, -0.05) is 78.7 Å². The topological polar surface area (TPSA) is 6.48 Å². The normalized spacial score (nSPS) is 16.8. The van der Waals surface area contributed by atoms with Gasteiger partial charge >= 0.3 is 0 Å². The number of hydrogen-bond donors (Lipinski definition) is 0. The summed E-state index contributed by atoms with van der Waals surface area (Å²) < 4.78 is 0. The van der Waals surface area contributed by atoms with Crippen LogP contribution >= 0.6 is 36.4 Å².